The molecule has 2 aromatic carbocycles. The zero-order valence-electron chi connectivity index (χ0n) is 16.8. The van der Waals surface area contributed by atoms with Crippen LogP contribution in [-0.2, 0) is 20.5 Å². The lowest BCUT2D eigenvalue weighted by Gasteiger charge is -2.27. The molecule has 0 fully saturated rings. The molecule has 0 saturated heterocycles. The van der Waals surface area contributed by atoms with E-state index in [1.54, 1.807) is 19.2 Å². The van der Waals surface area contributed by atoms with Crippen molar-refractivity contribution in [1.29, 1.82) is 0 Å². The number of amides is 1. The van der Waals surface area contributed by atoms with E-state index in [-0.39, 0.29) is 17.6 Å². The molecule has 2 N–H and O–H groups in total. The minimum Gasteiger partial charge on any atom is -0.383 e. The highest BCUT2D eigenvalue weighted by atomic mass is 32.2. The van der Waals surface area contributed by atoms with Crippen molar-refractivity contribution in [3.8, 4) is 5.75 Å². The second kappa shape index (κ2) is 7.28. The molecular weight excluding hydrogens is 402 g/mol. The Morgan fingerprint density at radius 1 is 1.13 bits per heavy atom. The number of hydrogen-bond donors (Lipinski definition) is 1. The zero-order chi connectivity index (χ0) is 21.5. The van der Waals surface area contributed by atoms with Crippen LogP contribution in [0.5, 0.6) is 5.75 Å². The molecule has 156 valence electrons. The molecule has 0 aromatic heterocycles. The fraction of sp³-hybridized carbons (Fsp3) is 0.273. The van der Waals surface area contributed by atoms with Crippen molar-refractivity contribution >= 4 is 27.6 Å². The van der Waals surface area contributed by atoms with E-state index >= 15 is 0 Å². The van der Waals surface area contributed by atoms with Crippen molar-refractivity contribution in [3.63, 3.8) is 0 Å². The van der Waals surface area contributed by atoms with E-state index in [2.05, 4.69) is 11.1 Å². The number of benzene rings is 2. The number of allylic oxidation sites excluding steroid dienone is 2. The number of guanidine groups is 1. The maximum Gasteiger partial charge on any atom is 0.306 e. The van der Waals surface area contributed by atoms with Crippen molar-refractivity contribution in [2.75, 3.05) is 13.3 Å². The fourth-order valence-electron chi connectivity index (χ4n) is 4.01. The highest BCUT2D eigenvalue weighted by molar-refractivity contribution is 7.86. The summed E-state index contributed by atoms with van der Waals surface area (Å²) in [6, 6.07) is 14.1. The minimum atomic E-state index is -3.72. The quantitative estimate of drug-likeness (QED) is 0.742. The van der Waals surface area contributed by atoms with Crippen molar-refractivity contribution in [2.24, 2.45) is 10.7 Å². The van der Waals surface area contributed by atoms with Crippen LogP contribution in [0.3, 0.4) is 0 Å². The van der Waals surface area contributed by atoms with E-state index in [9.17, 15) is 13.2 Å². The van der Waals surface area contributed by atoms with Gasteiger partial charge in [0, 0.05) is 7.05 Å². The number of nitrogens with two attached hydrogens (primary N) is 1. The number of carbonyl (C=O) groups is 1. The van der Waals surface area contributed by atoms with Gasteiger partial charge >= 0.3 is 10.1 Å². The van der Waals surface area contributed by atoms with Gasteiger partial charge in [0.05, 0.1) is 6.26 Å². The van der Waals surface area contributed by atoms with Crippen LogP contribution in [0, 0.1) is 0 Å². The molecule has 0 spiro atoms. The number of hydrogen-bond acceptors (Lipinski definition) is 6. The lowest BCUT2D eigenvalue weighted by atomic mass is 9.81. The van der Waals surface area contributed by atoms with Crippen LogP contribution in [0.1, 0.15) is 36.0 Å². The van der Waals surface area contributed by atoms with Gasteiger partial charge in [-0.1, -0.05) is 36.4 Å². The number of likely N-dealkylation sites (N-methyl/N-ethyl adjacent to an activating group) is 1. The third kappa shape index (κ3) is 3.47. The Bertz CT molecular complexity index is 1190. The van der Waals surface area contributed by atoms with Gasteiger partial charge in [0.25, 0.3) is 5.91 Å². The highest BCUT2D eigenvalue weighted by Crippen LogP contribution is 2.41. The SMILES string of the molecule is CN1C(=O)C(c2cccc(OS(C)(=O)=O)c2)(c2cccc(C3=CCCC3)c2)N=C1N. The molecule has 2 aliphatic rings. The second-order valence-corrected chi connectivity index (χ2v) is 9.14. The Hall–Kier alpha value is -3.13. The van der Waals surface area contributed by atoms with Gasteiger partial charge in [-0.2, -0.15) is 8.42 Å². The van der Waals surface area contributed by atoms with Crippen molar-refractivity contribution in [1.82, 2.24) is 4.90 Å². The summed E-state index contributed by atoms with van der Waals surface area (Å²) in [7, 11) is -2.15. The summed E-state index contributed by atoms with van der Waals surface area (Å²) < 4.78 is 28.2. The highest BCUT2D eigenvalue weighted by Gasteiger charge is 2.49. The maximum atomic E-state index is 13.4. The Morgan fingerprint density at radius 3 is 2.43 bits per heavy atom. The predicted octanol–water partition coefficient (Wildman–Crippen LogP) is 2.62. The molecule has 0 saturated carbocycles. The fourth-order valence-corrected chi connectivity index (χ4v) is 4.46. The molecule has 1 amide bonds. The third-order valence-electron chi connectivity index (χ3n) is 5.43. The molecule has 7 nitrogen and oxygen atoms in total. The van der Waals surface area contributed by atoms with Gasteiger partial charge in [-0.05, 0) is 59.7 Å². The van der Waals surface area contributed by atoms with Gasteiger partial charge in [-0.3, -0.25) is 9.69 Å². The molecule has 4 rings (SSSR count). The normalized spacial score (nSPS) is 21.5. The van der Waals surface area contributed by atoms with Crippen LogP contribution < -0.4 is 9.92 Å². The molecule has 30 heavy (non-hydrogen) atoms. The molecule has 0 bridgehead atoms. The minimum absolute atomic E-state index is 0.0971. The maximum absolute atomic E-state index is 13.4. The smallest absolute Gasteiger partial charge is 0.306 e. The molecule has 1 unspecified atom stereocenters. The Kier molecular flexibility index (Phi) is 4.89. The Balaban J connectivity index is 1.90. The summed E-state index contributed by atoms with van der Waals surface area (Å²) in [5, 5.41) is 0. The van der Waals surface area contributed by atoms with Gasteiger partial charge in [-0.15, -0.1) is 0 Å². The summed E-state index contributed by atoms with van der Waals surface area (Å²) in [4.78, 5) is 19.3. The summed E-state index contributed by atoms with van der Waals surface area (Å²) in [6.45, 7) is 0. The zero-order valence-corrected chi connectivity index (χ0v) is 17.6. The number of rotatable bonds is 5. The van der Waals surface area contributed by atoms with E-state index in [4.69, 9.17) is 9.92 Å². The van der Waals surface area contributed by atoms with Crippen molar-refractivity contribution in [3.05, 3.63) is 71.3 Å². The summed E-state index contributed by atoms with van der Waals surface area (Å²) in [6.07, 6.45) is 6.34. The third-order valence-corrected chi connectivity index (χ3v) is 5.93. The van der Waals surface area contributed by atoms with E-state index in [0.717, 1.165) is 31.1 Å². The van der Waals surface area contributed by atoms with Crippen LogP contribution in [0.2, 0.25) is 0 Å². The average molecular weight is 426 g/mol. The monoisotopic (exact) mass is 425 g/mol. The summed E-state index contributed by atoms with van der Waals surface area (Å²) in [5.41, 5.74) is 8.07. The summed E-state index contributed by atoms with van der Waals surface area (Å²) >= 11 is 0. The van der Waals surface area contributed by atoms with Gasteiger partial charge in [-0.25, -0.2) is 4.99 Å². The number of aliphatic imine (C=N–C) groups is 1. The first kappa shape index (κ1) is 20.2. The molecule has 1 heterocycles. The molecule has 0 radical (unpaired) electrons. The molecule has 8 heteroatoms. The molecule has 1 aliphatic carbocycles. The van der Waals surface area contributed by atoms with Gasteiger partial charge in [0.2, 0.25) is 0 Å². The average Bonchev–Trinajstić information content (AvgIpc) is 3.31. The number of nitrogens with zero attached hydrogens (tertiary/aromatic N) is 2. The Labute approximate surface area is 176 Å². The van der Waals surface area contributed by atoms with Gasteiger partial charge in [0.1, 0.15) is 5.75 Å². The second-order valence-electron chi connectivity index (χ2n) is 7.56. The standard InChI is InChI=1S/C22H23N3O4S/c1-25-20(26)22(24-21(25)23,18-11-6-12-19(14-18)29-30(2,27)28)17-10-5-9-16(13-17)15-7-3-4-8-15/h5-7,9-14H,3-4,8H2,1-2H3,(H2,23,24). The summed E-state index contributed by atoms with van der Waals surface area (Å²) in [5.74, 6) is -0.103. The topological polar surface area (TPSA) is 102 Å². The van der Waals surface area contributed by atoms with Crippen LogP contribution >= 0.6 is 0 Å². The molecule has 1 atom stereocenters. The molecular formula is C22H23N3O4S. The van der Waals surface area contributed by atoms with Crippen molar-refractivity contribution in [2.45, 2.75) is 24.8 Å². The van der Waals surface area contributed by atoms with Gasteiger partial charge < -0.3 is 9.92 Å². The molecule has 2 aromatic rings. The lowest BCUT2D eigenvalue weighted by Crippen LogP contribution is -2.41. The largest absolute Gasteiger partial charge is 0.383 e. The lowest BCUT2D eigenvalue weighted by molar-refractivity contribution is -0.129. The Morgan fingerprint density at radius 2 is 1.83 bits per heavy atom. The van der Waals surface area contributed by atoms with E-state index in [1.165, 1.54) is 22.6 Å². The van der Waals surface area contributed by atoms with E-state index < -0.39 is 15.7 Å². The first-order valence-electron chi connectivity index (χ1n) is 9.64. The molecule has 1 aliphatic heterocycles. The van der Waals surface area contributed by atoms with Crippen LogP contribution in [0.15, 0.2) is 59.6 Å². The van der Waals surface area contributed by atoms with E-state index in [1.807, 2.05) is 24.3 Å². The first-order chi connectivity index (χ1) is 14.2. The number of carbonyl (C=O) groups excluding carboxylic acids is 1. The van der Waals surface area contributed by atoms with Gasteiger partial charge in [0.15, 0.2) is 11.5 Å². The first-order valence-corrected chi connectivity index (χ1v) is 11.5. The van der Waals surface area contributed by atoms with Crippen molar-refractivity contribution < 1.29 is 17.4 Å². The van der Waals surface area contributed by atoms with Crippen LogP contribution in [-0.4, -0.2) is 38.5 Å². The van der Waals surface area contributed by atoms with Crippen LogP contribution in [0.25, 0.3) is 5.57 Å². The van der Waals surface area contributed by atoms with E-state index in [0.29, 0.717) is 11.1 Å². The predicted molar refractivity (Wildman–Crippen MR) is 115 cm³/mol. The van der Waals surface area contributed by atoms with Crippen LogP contribution in [0.4, 0.5) is 0 Å².